The molecule has 0 aliphatic carbocycles. The highest BCUT2D eigenvalue weighted by molar-refractivity contribution is 8.01. The van der Waals surface area contributed by atoms with Crippen molar-refractivity contribution in [2.75, 3.05) is 17.4 Å². The molecule has 1 aromatic carbocycles. The summed E-state index contributed by atoms with van der Waals surface area (Å²) in [4.78, 5) is 4.59. The van der Waals surface area contributed by atoms with Gasteiger partial charge >= 0.3 is 0 Å². The molecule has 5 nitrogen and oxygen atoms in total. The maximum Gasteiger partial charge on any atom is 0.278 e. The fraction of sp³-hybridized carbons (Fsp3) is 0.458. The zero-order valence-corrected chi connectivity index (χ0v) is 19.7. The maximum atomic E-state index is 12.8. The van der Waals surface area contributed by atoms with Crippen molar-refractivity contribution < 1.29 is 8.78 Å². The summed E-state index contributed by atoms with van der Waals surface area (Å²) < 4.78 is 27.9. The van der Waals surface area contributed by atoms with Gasteiger partial charge < -0.3 is 9.62 Å². The molecular formula is C24H31F2N5S. The van der Waals surface area contributed by atoms with Crippen LogP contribution in [-0.4, -0.2) is 41.2 Å². The van der Waals surface area contributed by atoms with Gasteiger partial charge in [0.2, 0.25) is 0 Å². The van der Waals surface area contributed by atoms with Crippen LogP contribution in [0.3, 0.4) is 0 Å². The van der Waals surface area contributed by atoms with Gasteiger partial charge in [-0.1, -0.05) is 26.0 Å². The van der Waals surface area contributed by atoms with Crippen molar-refractivity contribution in [2.24, 2.45) is 10.2 Å². The van der Waals surface area contributed by atoms with E-state index in [1.54, 1.807) is 6.20 Å². The van der Waals surface area contributed by atoms with E-state index >= 15 is 0 Å². The lowest BCUT2D eigenvalue weighted by molar-refractivity contribution is 0.224. The first-order chi connectivity index (χ1) is 15.6. The highest BCUT2D eigenvalue weighted by Gasteiger charge is 2.23. The van der Waals surface area contributed by atoms with Gasteiger partial charge in [-0.25, -0.2) is 8.78 Å². The minimum Gasteiger partial charge on any atom is -0.317 e. The number of hydrogen-bond acceptors (Lipinski definition) is 6. The number of aromatic nitrogens is 1. The summed E-state index contributed by atoms with van der Waals surface area (Å²) in [6, 6.07) is 12.3. The van der Waals surface area contributed by atoms with Gasteiger partial charge in [0, 0.05) is 29.1 Å². The lowest BCUT2D eigenvalue weighted by atomic mass is 10.1. The fourth-order valence-corrected chi connectivity index (χ4v) is 4.79. The monoisotopic (exact) mass is 459 g/mol. The molecule has 32 heavy (non-hydrogen) atoms. The molecule has 4 rings (SSSR count). The van der Waals surface area contributed by atoms with Crippen LogP contribution in [0.15, 0.2) is 52.8 Å². The Morgan fingerprint density at radius 1 is 1.12 bits per heavy atom. The number of benzene rings is 1. The number of halogens is 2. The van der Waals surface area contributed by atoms with E-state index in [0.29, 0.717) is 17.5 Å². The summed E-state index contributed by atoms with van der Waals surface area (Å²) in [7, 11) is 0. The van der Waals surface area contributed by atoms with E-state index < -0.39 is 6.43 Å². The minimum atomic E-state index is -2.56. The van der Waals surface area contributed by atoms with Gasteiger partial charge in [-0.3, -0.25) is 4.98 Å². The van der Waals surface area contributed by atoms with E-state index in [9.17, 15) is 8.78 Å². The first kappa shape index (κ1) is 24.3. The second-order valence-corrected chi connectivity index (χ2v) is 8.90. The van der Waals surface area contributed by atoms with Crippen molar-refractivity contribution in [1.82, 2.24) is 10.3 Å². The van der Waals surface area contributed by atoms with Crippen LogP contribution < -0.4 is 9.62 Å². The zero-order chi connectivity index (χ0) is 22.9. The largest absolute Gasteiger partial charge is 0.317 e. The predicted octanol–water partition coefficient (Wildman–Crippen LogP) is 5.64. The number of pyridine rings is 1. The van der Waals surface area contributed by atoms with Crippen molar-refractivity contribution in [1.29, 1.82) is 0 Å². The fourth-order valence-electron chi connectivity index (χ4n) is 3.54. The molecule has 2 aromatic rings. The van der Waals surface area contributed by atoms with Crippen molar-refractivity contribution >= 4 is 29.1 Å². The lowest BCUT2D eigenvalue weighted by Gasteiger charge is -2.30. The highest BCUT2D eigenvalue weighted by Crippen LogP contribution is 2.31. The van der Waals surface area contributed by atoms with Gasteiger partial charge in [0.25, 0.3) is 6.43 Å². The van der Waals surface area contributed by atoms with Crippen molar-refractivity contribution in [2.45, 2.75) is 58.3 Å². The Morgan fingerprint density at radius 3 is 2.53 bits per heavy atom. The zero-order valence-electron chi connectivity index (χ0n) is 18.9. The number of nitrogens with one attached hydrogen (secondary N) is 1. The summed E-state index contributed by atoms with van der Waals surface area (Å²) in [5, 5.41) is 11.5. The maximum absolute atomic E-state index is 12.8. The number of anilines is 1. The molecule has 8 heteroatoms. The third-order valence-electron chi connectivity index (χ3n) is 5.22. The third kappa shape index (κ3) is 6.59. The molecule has 2 aliphatic heterocycles. The third-order valence-corrected chi connectivity index (χ3v) is 6.58. The number of hydrogen-bond donors (Lipinski definition) is 1. The summed E-state index contributed by atoms with van der Waals surface area (Å²) >= 11 is 1.88. The average molecular weight is 460 g/mol. The van der Waals surface area contributed by atoms with Crippen molar-refractivity contribution in [3.63, 3.8) is 0 Å². The normalized spacial score (nSPS) is 16.3. The topological polar surface area (TPSA) is 52.9 Å². The molecule has 1 saturated heterocycles. The Kier molecular flexibility index (Phi) is 9.17. The molecule has 0 atom stereocenters. The van der Waals surface area contributed by atoms with E-state index in [0.717, 1.165) is 37.2 Å². The summed E-state index contributed by atoms with van der Waals surface area (Å²) in [5.41, 5.74) is 4.42. The number of aryl methyl sites for hydroxylation is 1. The van der Waals surface area contributed by atoms with Gasteiger partial charge in [0.05, 0.1) is 18.0 Å². The average Bonchev–Trinajstić information content (AvgIpc) is 3.32. The number of piperidine rings is 1. The van der Waals surface area contributed by atoms with E-state index in [2.05, 4.69) is 56.0 Å². The molecule has 2 aliphatic rings. The van der Waals surface area contributed by atoms with Crippen LogP contribution in [0, 0.1) is 6.92 Å². The minimum absolute atomic E-state index is 0.0830. The molecule has 0 spiro atoms. The van der Waals surface area contributed by atoms with Crippen LogP contribution in [0.25, 0.3) is 0 Å². The SMILES string of the molecule is CC.Cc1cccc(N(Cc2ccc(C3=NN=C(C(F)F)C3)cn2)SC2CCNCC2)c1. The van der Waals surface area contributed by atoms with Crippen LogP contribution in [0.5, 0.6) is 0 Å². The highest BCUT2D eigenvalue weighted by atomic mass is 32.2. The smallest absolute Gasteiger partial charge is 0.278 e. The van der Waals surface area contributed by atoms with Crippen LogP contribution in [0.1, 0.15) is 49.9 Å². The molecule has 172 valence electrons. The Hall–Kier alpha value is -2.32. The van der Waals surface area contributed by atoms with Crippen molar-refractivity contribution in [3.8, 4) is 0 Å². The van der Waals surface area contributed by atoms with Gasteiger partial charge in [0.1, 0.15) is 5.71 Å². The summed E-state index contributed by atoms with van der Waals surface area (Å²) in [6.07, 6.45) is 1.52. The number of nitrogens with zero attached hydrogens (tertiary/aromatic N) is 4. The molecule has 0 radical (unpaired) electrons. The predicted molar refractivity (Wildman–Crippen MR) is 131 cm³/mol. The second kappa shape index (κ2) is 12.1. The first-order valence-electron chi connectivity index (χ1n) is 11.2. The standard InChI is InChI=1S/C22H25F2N5S.C2H6/c1-15-3-2-4-18(11-15)29(30-19-7-9-25-10-8-19)14-17-6-5-16(13-26-17)20-12-21(22(23)24)28-27-20;1-2/h2-6,11,13,19,22,25H,7-10,12,14H2,1H3;1-2H3. The lowest BCUT2D eigenvalue weighted by Crippen LogP contribution is -2.31. The van der Waals surface area contributed by atoms with Crippen LogP contribution in [0.2, 0.25) is 0 Å². The first-order valence-corrected chi connectivity index (χ1v) is 12.0. The molecular weight excluding hydrogens is 428 g/mol. The Labute approximate surface area is 193 Å². The van der Waals surface area contributed by atoms with E-state index in [1.807, 2.05) is 37.9 Å². The van der Waals surface area contributed by atoms with Gasteiger partial charge in [0.15, 0.2) is 0 Å². The second-order valence-electron chi connectivity index (χ2n) is 7.58. The molecule has 1 fully saturated rings. The van der Waals surface area contributed by atoms with Crippen LogP contribution in [0.4, 0.5) is 14.5 Å². The molecule has 3 heterocycles. The Bertz CT molecular complexity index is 924. The molecule has 1 aromatic heterocycles. The van der Waals surface area contributed by atoms with Crippen molar-refractivity contribution in [3.05, 3.63) is 59.4 Å². The molecule has 1 N–H and O–H groups in total. The van der Waals surface area contributed by atoms with Gasteiger partial charge in [-0.05, 0) is 74.6 Å². The molecule has 0 bridgehead atoms. The van der Waals surface area contributed by atoms with Crippen LogP contribution in [-0.2, 0) is 6.54 Å². The van der Waals surface area contributed by atoms with E-state index in [1.165, 1.54) is 11.3 Å². The van der Waals surface area contributed by atoms with E-state index in [-0.39, 0.29) is 12.1 Å². The Balaban J connectivity index is 0.00000141. The number of rotatable bonds is 7. The van der Waals surface area contributed by atoms with E-state index in [4.69, 9.17) is 0 Å². The van der Waals surface area contributed by atoms with Gasteiger partial charge in [-0.2, -0.15) is 10.2 Å². The van der Waals surface area contributed by atoms with Crippen LogP contribution >= 0.6 is 11.9 Å². The Morgan fingerprint density at radius 2 is 1.91 bits per heavy atom. The summed E-state index contributed by atoms with van der Waals surface area (Å²) in [5.74, 6) is 0. The van der Waals surface area contributed by atoms with Gasteiger partial charge in [-0.15, -0.1) is 0 Å². The molecule has 0 amide bonds. The number of alkyl halides is 2. The molecule has 0 unspecified atom stereocenters. The summed E-state index contributed by atoms with van der Waals surface area (Å²) in [6.45, 7) is 8.87. The molecule has 0 saturated carbocycles. The quantitative estimate of drug-likeness (QED) is 0.545.